The van der Waals surface area contributed by atoms with Crippen LogP contribution in [0.25, 0.3) is 0 Å². The van der Waals surface area contributed by atoms with Crippen molar-refractivity contribution in [3.63, 3.8) is 0 Å². The standard InChI is InChI=1S/C19H21NO5S/c1-12-5-7-14(8-6-12)16(22)10-18(17-4-3-9-25-17)26-11-15(19(23)24)20-13(2)21/h3-9,15,18H,10-11H2,1-2H3,(H,20,21)(H,23,24)/t15-,18+/m0/s1. The van der Waals surface area contributed by atoms with Gasteiger partial charge in [0, 0.05) is 24.7 Å². The highest BCUT2D eigenvalue weighted by molar-refractivity contribution is 7.99. The second-order valence-electron chi connectivity index (χ2n) is 5.92. The van der Waals surface area contributed by atoms with Gasteiger partial charge in [-0.15, -0.1) is 11.8 Å². The van der Waals surface area contributed by atoms with Gasteiger partial charge in [-0.25, -0.2) is 4.79 Å². The second kappa shape index (κ2) is 9.24. The minimum Gasteiger partial charge on any atom is -0.480 e. The highest BCUT2D eigenvalue weighted by Crippen LogP contribution is 2.34. The van der Waals surface area contributed by atoms with Crippen LogP contribution in [0.15, 0.2) is 47.1 Å². The lowest BCUT2D eigenvalue weighted by Crippen LogP contribution is -2.41. The number of carbonyl (C=O) groups excluding carboxylic acids is 2. The number of benzene rings is 1. The number of thioether (sulfide) groups is 1. The van der Waals surface area contributed by atoms with Crippen LogP contribution in [0, 0.1) is 6.92 Å². The molecule has 0 saturated carbocycles. The van der Waals surface area contributed by atoms with Crippen LogP contribution in [0.4, 0.5) is 0 Å². The van der Waals surface area contributed by atoms with E-state index in [-0.39, 0.29) is 23.2 Å². The fraction of sp³-hybridized carbons (Fsp3) is 0.316. The van der Waals surface area contributed by atoms with E-state index in [0.717, 1.165) is 5.56 Å². The number of amides is 1. The van der Waals surface area contributed by atoms with Crippen LogP contribution in [0.5, 0.6) is 0 Å². The molecule has 0 aliphatic heterocycles. The van der Waals surface area contributed by atoms with Crippen molar-refractivity contribution in [2.45, 2.75) is 31.6 Å². The normalized spacial score (nSPS) is 13.0. The molecule has 1 heterocycles. The van der Waals surface area contributed by atoms with Gasteiger partial charge in [0.1, 0.15) is 11.8 Å². The van der Waals surface area contributed by atoms with Gasteiger partial charge in [0.05, 0.1) is 11.5 Å². The van der Waals surface area contributed by atoms with E-state index in [1.54, 1.807) is 24.3 Å². The Kier molecular flexibility index (Phi) is 7.03. The summed E-state index contributed by atoms with van der Waals surface area (Å²) in [6.45, 7) is 3.22. The summed E-state index contributed by atoms with van der Waals surface area (Å²) in [4.78, 5) is 35.0. The molecular formula is C19H21NO5S. The van der Waals surface area contributed by atoms with Gasteiger partial charge in [-0.1, -0.05) is 29.8 Å². The third-order valence-corrected chi connectivity index (χ3v) is 5.07. The van der Waals surface area contributed by atoms with Gasteiger partial charge in [0.2, 0.25) is 5.91 Å². The van der Waals surface area contributed by atoms with Crippen LogP contribution in [0.2, 0.25) is 0 Å². The van der Waals surface area contributed by atoms with Crippen molar-refractivity contribution in [3.05, 3.63) is 59.5 Å². The summed E-state index contributed by atoms with van der Waals surface area (Å²) in [6.07, 6.45) is 1.69. The number of hydrogen-bond donors (Lipinski definition) is 2. The van der Waals surface area contributed by atoms with E-state index in [1.165, 1.54) is 24.9 Å². The maximum absolute atomic E-state index is 12.6. The van der Waals surface area contributed by atoms with Gasteiger partial charge in [-0.2, -0.15) is 0 Å². The fourth-order valence-corrected chi connectivity index (χ4v) is 3.59. The van der Waals surface area contributed by atoms with E-state index in [1.807, 2.05) is 19.1 Å². The number of carboxylic acids is 1. The summed E-state index contributed by atoms with van der Waals surface area (Å²) in [5, 5.41) is 11.3. The van der Waals surface area contributed by atoms with E-state index >= 15 is 0 Å². The predicted molar refractivity (Wildman–Crippen MR) is 99.3 cm³/mol. The Balaban J connectivity index is 2.09. The second-order valence-corrected chi connectivity index (χ2v) is 7.16. The maximum atomic E-state index is 12.6. The number of carbonyl (C=O) groups is 3. The van der Waals surface area contributed by atoms with Crippen LogP contribution in [0.3, 0.4) is 0 Å². The van der Waals surface area contributed by atoms with E-state index in [2.05, 4.69) is 5.32 Å². The molecule has 2 rings (SSSR count). The van der Waals surface area contributed by atoms with Crippen LogP contribution in [-0.2, 0) is 9.59 Å². The molecule has 0 fully saturated rings. The molecule has 0 saturated heterocycles. The van der Waals surface area contributed by atoms with Gasteiger partial charge >= 0.3 is 5.97 Å². The molecule has 1 aromatic heterocycles. The quantitative estimate of drug-likeness (QED) is 0.653. The molecular weight excluding hydrogens is 354 g/mol. The third-order valence-electron chi connectivity index (χ3n) is 3.74. The van der Waals surface area contributed by atoms with Gasteiger partial charge in [0.25, 0.3) is 0 Å². The largest absolute Gasteiger partial charge is 0.480 e. The Morgan fingerprint density at radius 3 is 2.42 bits per heavy atom. The highest BCUT2D eigenvalue weighted by Gasteiger charge is 2.25. The molecule has 2 aromatic rings. The monoisotopic (exact) mass is 375 g/mol. The Morgan fingerprint density at radius 1 is 1.19 bits per heavy atom. The lowest BCUT2D eigenvalue weighted by Gasteiger charge is -2.18. The highest BCUT2D eigenvalue weighted by atomic mass is 32.2. The summed E-state index contributed by atoms with van der Waals surface area (Å²) >= 11 is 1.27. The molecule has 26 heavy (non-hydrogen) atoms. The number of furan rings is 1. The molecule has 7 heteroatoms. The van der Waals surface area contributed by atoms with Gasteiger partial charge in [-0.05, 0) is 19.1 Å². The van der Waals surface area contributed by atoms with Crippen molar-refractivity contribution in [2.24, 2.45) is 0 Å². The Labute approximate surface area is 156 Å². The summed E-state index contributed by atoms with van der Waals surface area (Å²) < 4.78 is 5.42. The molecule has 138 valence electrons. The SMILES string of the molecule is CC(=O)N[C@@H](CS[C@H](CC(=O)c1ccc(C)cc1)c1ccco1)C(=O)O. The van der Waals surface area contributed by atoms with Crippen LogP contribution in [-0.4, -0.2) is 34.6 Å². The molecule has 2 atom stereocenters. The van der Waals surface area contributed by atoms with E-state index < -0.39 is 17.9 Å². The molecule has 0 unspecified atom stereocenters. The number of aliphatic carboxylic acids is 1. The lowest BCUT2D eigenvalue weighted by molar-refractivity contribution is -0.140. The smallest absolute Gasteiger partial charge is 0.327 e. The number of Topliss-reactive ketones (excluding diaryl/α,β-unsaturated/α-hetero) is 1. The molecule has 1 aromatic carbocycles. The topological polar surface area (TPSA) is 96.6 Å². The number of ketones is 1. The molecule has 2 N–H and O–H groups in total. The van der Waals surface area contributed by atoms with Crippen LogP contribution >= 0.6 is 11.8 Å². The number of aryl methyl sites for hydroxylation is 1. The predicted octanol–water partition coefficient (Wildman–Crippen LogP) is 3.22. The zero-order chi connectivity index (χ0) is 19.1. The van der Waals surface area contributed by atoms with Crippen molar-refractivity contribution in [3.8, 4) is 0 Å². The minimum atomic E-state index is -1.12. The first-order valence-corrected chi connectivity index (χ1v) is 9.16. The molecule has 0 bridgehead atoms. The van der Waals surface area contributed by atoms with Crippen molar-refractivity contribution >= 4 is 29.4 Å². The first-order valence-electron chi connectivity index (χ1n) is 8.11. The maximum Gasteiger partial charge on any atom is 0.327 e. The molecule has 0 aliphatic carbocycles. The van der Waals surface area contributed by atoms with Crippen molar-refractivity contribution in [1.82, 2.24) is 5.32 Å². The molecule has 6 nitrogen and oxygen atoms in total. The van der Waals surface area contributed by atoms with Gasteiger partial charge in [-0.3, -0.25) is 9.59 Å². The summed E-state index contributed by atoms with van der Waals surface area (Å²) in [7, 11) is 0. The van der Waals surface area contributed by atoms with E-state index in [4.69, 9.17) is 4.42 Å². The van der Waals surface area contributed by atoms with Gasteiger partial charge in [0.15, 0.2) is 5.78 Å². The molecule has 0 radical (unpaired) electrons. The molecule has 1 amide bonds. The van der Waals surface area contributed by atoms with Crippen molar-refractivity contribution in [2.75, 3.05) is 5.75 Å². The third kappa shape index (κ3) is 5.77. The average Bonchev–Trinajstić information content (AvgIpc) is 3.11. The Bertz CT molecular complexity index is 755. The van der Waals surface area contributed by atoms with Gasteiger partial charge < -0.3 is 14.8 Å². The van der Waals surface area contributed by atoms with Crippen molar-refractivity contribution < 1.29 is 23.9 Å². The summed E-state index contributed by atoms with van der Waals surface area (Å²) in [5.41, 5.74) is 1.67. The summed E-state index contributed by atoms with van der Waals surface area (Å²) in [6, 6.07) is 9.76. The van der Waals surface area contributed by atoms with Crippen molar-refractivity contribution in [1.29, 1.82) is 0 Å². The van der Waals surface area contributed by atoms with Crippen LogP contribution in [0.1, 0.15) is 40.3 Å². The minimum absolute atomic E-state index is 0.0506. The zero-order valence-electron chi connectivity index (χ0n) is 14.6. The van der Waals surface area contributed by atoms with E-state index in [9.17, 15) is 19.5 Å². The Hall–Kier alpha value is -2.54. The first-order chi connectivity index (χ1) is 12.4. The lowest BCUT2D eigenvalue weighted by atomic mass is 10.0. The first kappa shape index (κ1) is 19.8. The van der Waals surface area contributed by atoms with Crippen LogP contribution < -0.4 is 5.32 Å². The number of rotatable bonds is 9. The molecule has 0 spiro atoms. The number of nitrogens with one attached hydrogen (secondary N) is 1. The number of hydrogen-bond acceptors (Lipinski definition) is 5. The average molecular weight is 375 g/mol. The fourth-order valence-electron chi connectivity index (χ4n) is 2.37. The summed E-state index contributed by atoms with van der Waals surface area (Å²) in [5.74, 6) is -0.853. The number of carboxylic acid groups (broad SMARTS) is 1. The zero-order valence-corrected chi connectivity index (χ0v) is 15.4. The Morgan fingerprint density at radius 2 is 1.88 bits per heavy atom. The van der Waals surface area contributed by atoms with E-state index in [0.29, 0.717) is 11.3 Å². The molecule has 0 aliphatic rings.